The lowest BCUT2D eigenvalue weighted by atomic mass is 9.93. The number of hydrogen-bond acceptors (Lipinski definition) is 2. The van der Waals surface area contributed by atoms with Gasteiger partial charge in [-0.1, -0.05) is 65.3 Å². The molecule has 0 amide bonds. The maximum Gasteiger partial charge on any atom is 0.200 e. The minimum atomic E-state index is 0.0307. The van der Waals surface area contributed by atoms with Crippen LogP contribution in [0.4, 0.5) is 0 Å². The molecule has 1 aromatic heterocycles. The van der Waals surface area contributed by atoms with Crippen LogP contribution in [-0.4, -0.2) is 0 Å². The van der Waals surface area contributed by atoms with Crippen LogP contribution in [0.25, 0.3) is 22.1 Å². The molecule has 0 atom stereocenters. The van der Waals surface area contributed by atoms with Crippen molar-refractivity contribution in [1.82, 2.24) is 0 Å². The predicted octanol–water partition coefficient (Wildman–Crippen LogP) is 7.99. The van der Waals surface area contributed by atoms with Crippen LogP contribution in [0.3, 0.4) is 0 Å². The van der Waals surface area contributed by atoms with Gasteiger partial charge in [0.05, 0.1) is 10.9 Å². The Morgan fingerprint density at radius 1 is 0.750 bits per heavy atom. The van der Waals surface area contributed by atoms with Gasteiger partial charge < -0.3 is 4.42 Å². The summed E-state index contributed by atoms with van der Waals surface area (Å²) in [6.45, 7) is 12.6. The third kappa shape index (κ3) is 5.76. The Hall–Kier alpha value is -3.13. The van der Waals surface area contributed by atoms with Crippen molar-refractivity contribution in [2.24, 2.45) is 0 Å². The summed E-state index contributed by atoms with van der Waals surface area (Å²) in [4.78, 5) is 13.6. The Balaban J connectivity index is 2.17. The first-order valence-electron chi connectivity index (χ1n) is 11.3. The molecule has 2 aromatic carbocycles. The second-order valence-electron chi connectivity index (χ2n) is 9.22. The van der Waals surface area contributed by atoms with E-state index < -0.39 is 0 Å². The zero-order valence-electron chi connectivity index (χ0n) is 20.2. The van der Waals surface area contributed by atoms with E-state index in [0.29, 0.717) is 16.5 Å². The molecule has 3 rings (SSSR count). The van der Waals surface area contributed by atoms with E-state index in [1.54, 1.807) is 6.26 Å². The number of fused-ring (bicyclic) bond motifs is 1. The maximum absolute atomic E-state index is 13.6. The summed E-state index contributed by atoms with van der Waals surface area (Å²) in [5.74, 6) is 0. The van der Waals surface area contributed by atoms with E-state index in [1.165, 1.54) is 22.3 Å². The van der Waals surface area contributed by atoms with E-state index in [0.717, 1.165) is 36.0 Å². The van der Waals surface area contributed by atoms with Crippen LogP contribution < -0.4 is 5.43 Å². The highest BCUT2D eigenvalue weighted by Crippen LogP contribution is 2.27. The Morgan fingerprint density at radius 2 is 1.38 bits per heavy atom. The van der Waals surface area contributed by atoms with E-state index in [1.807, 2.05) is 18.2 Å². The van der Waals surface area contributed by atoms with Crippen LogP contribution in [0, 0.1) is 0 Å². The van der Waals surface area contributed by atoms with E-state index in [2.05, 4.69) is 78.0 Å². The summed E-state index contributed by atoms with van der Waals surface area (Å²) >= 11 is 0. The first kappa shape index (κ1) is 23.5. The fraction of sp³-hybridized carbons (Fsp3) is 0.300. The molecular formula is C30H34O2. The number of para-hydroxylation sites is 1. The van der Waals surface area contributed by atoms with Crippen LogP contribution in [0.5, 0.6) is 0 Å². The van der Waals surface area contributed by atoms with E-state index in [4.69, 9.17) is 4.42 Å². The van der Waals surface area contributed by atoms with Crippen LogP contribution in [0.15, 0.2) is 86.8 Å². The zero-order valence-corrected chi connectivity index (χ0v) is 20.2. The van der Waals surface area contributed by atoms with Crippen molar-refractivity contribution < 1.29 is 4.42 Å². The smallest absolute Gasteiger partial charge is 0.200 e. The van der Waals surface area contributed by atoms with Crippen LogP contribution in [-0.2, 0) is 19.3 Å². The second-order valence-corrected chi connectivity index (χ2v) is 9.22. The Bertz CT molecular complexity index is 1250. The highest BCUT2D eigenvalue weighted by atomic mass is 16.3. The molecule has 166 valence electrons. The van der Waals surface area contributed by atoms with Gasteiger partial charge in [0.1, 0.15) is 11.8 Å². The number of rotatable bonds is 7. The molecule has 0 fully saturated rings. The molecule has 0 aliphatic heterocycles. The Morgan fingerprint density at radius 3 is 2.03 bits per heavy atom. The summed E-state index contributed by atoms with van der Waals surface area (Å²) in [5, 5.41) is 0.644. The van der Waals surface area contributed by atoms with Crippen molar-refractivity contribution in [2.75, 3.05) is 0 Å². The highest BCUT2D eigenvalue weighted by Gasteiger charge is 2.15. The molecule has 0 aliphatic carbocycles. The first-order chi connectivity index (χ1) is 15.3. The molecule has 0 N–H and O–H groups in total. The average Bonchev–Trinajstić information content (AvgIpc) is 2.75. The summed E-state index contributed by atoms with van der Waals surface area (Å²) in [6, 6.07) is 12.3. The lowest BCUT2D eigenvalue weighted by molar-refractivity contribution is 0.601. The van der Waals surface area contributed by atoms with Crippen molar-refractivity contribution >= 4 is 11.0 Å². The topological polar surface area (TPSA) is 30.2 Å². The van der Waals surface area contributed by atoms with Gasteiger partial charge in [-0.3, -0.25) is 4.79 Å². The van der Waals surface area contributed by atoms with Gasteiger partial charge in [0, 0.05) is 0 Å². The predicted molar refractivity (Wildman–Crippen MR) is 137 cm³/mol. The van der Waals surface area contributed by atoms with Crippen molar-refractivity contribution in [3.05, 3.63) is 105 Å². The monoisotopic (exact) mass is 426 g/mol. The standard InChI is InChI=1S/C30H34O2/c1-20(2)10-13-23-14-17-24(15-11-21(3)4)27(18-23)28-19-32-30-25(16-12-22(5)6)8-7-9-26(30)29(28)31/h7-12,14,17-19H,13,15-16H2,1-6H3. The number of allylic oxidation sites excluding steroid dienone is 6. The van der Waals surface area contributed by atoms with Crippen LogP contribution in [0.1, 0.15) is 58.2 Å². The zero-order chi connectivity index (χ0) is 23.3. The number of hydrogen-bond donors (Lipinski definition) is 0. The first-order valence-corrected chi connectivity index (χ1v) is 11.3. The van der Waals surface area contributed by atoms with E-state index in [9.17, 15) is 4.79 Å². The van der Waals surface area contributed by atoms with Gasteiger partial charge in [-0.2, -0.15) is 0 Å². The molecule has 0 unspecified atom stereocenters. The molecule has 2 heteroatoms. The van der Waals surface area contributed by atoms with Crippen LogP contribution >= 0.6 is 0 Å². The van der Waals surface area contributed by atoms with Crippen molar-refractivity contribution in [3.8, 4) is 11.1 Å². The summed E-state index contributed by atoms with van der Waals surface area (Å²) in [7, 11) is 0. The minimum Gasteiger partial charge on any atom is -0.463 e. The number of benzene rings is 2. The van der Waals surface area contributed by atoms with Crippen LogP contribution in [0.2, 0.25) is 0 Å². The molecule has 0 saturated carbocycles. The molecule has 0 aliphatic rings. The molecular weight excluding hydrogens is 392 g/mol. The molecule has 0 radical (unpaired) electrons. The third-order valence-corrected chi connectivity index (χ3v) is 5.55. The van der Waals surface area contributed by atoms with Gasteiger partial charge in [0.25, 0.3) is 0 Å². The van der Waals surface area contributed by atoms with Crippen molar-refractivity contribution in [1.29, 1.82) is 0 Å². The molecule has 3 aromatic rings. The quantitative estimate of drug-likeness (QED) is 0.358. The average molecular weight is 427 g/mol. The molecule has 2 nitrogen and oxygen atoms in total. The highest BCUT2D eigenvalue weighted by molar-refractivity contribution is 5.84. The SMILES string of the molecule is CC(C)=CCc1ccc(CC=C(C)C)c(-c2coc3c(CC=C(C)C)cccc3c2=O)c1. The van der Waals surface area contributed by atoms with Gasteiger partial charge in [-0.25, -0.2) is 0 Å². The van der Waals surface area contributed by atoms with Gasteiger partial charge in [0.2, 0.25) is 5.43 Å². The fourth-order valence-corrected chi connectivity index (χ4v) is 3.70. The van der Waals surface area contributed by atoms with Gasteiger partial charge in [0.15, 0.2) is 0 Å². The largest absolute Gasteiger partial charge is 0.463 e. The molecule has 0 bridgehead atoms. The maximum atomic E-state index is 13.6. The summed E-state index contributed by atoms with van der Waals surface area (Å²) < 4.78 is 6.10. The minimum absolute atomic E-state index is 0.0307. The Labute approximate surface area is 192 Å². The van der Waals surface area contributed by atoms with Crippen molar-refractivity contribution in [2.45, 2.75) is 60.8 Å². The fourth-order valence-electron chi connectivity index (χ4n) is 3.70. The lowest BCUT2D eigenvalue weighted by Gasteiger charge is -2.12. The summed E-state index contributed by atoms with van der Waals surface area (Å²) in [6.07, 6.45) is 10.6. The molecule has 32 heavy (non-hydrogen) atoms. The van der Waals surface area contributed by atoms with Crippen molar-refractivity contribution in [3.63, 3.8) is 0 Å². The molecule has 0 spiro atoms. The second kappa shape index (κ2) is 10.5. The van der Waals surface area contributed by atoms with E-state index >= 15 is 0 Å². The van der Waals surface area contributed by atoms with Gasteiger partial charge >= 0.3 is 0 Å². The summed E-state index contributed by atoms with van der Waals surface area (Å²) in [5.41, 5.74) is 9.48. The van der Waals surface area contributed by atoms with Gasteiger partial charge in [-0.15, -0.1) is 0 Å². The third-order valence-electron chi connectivity index (χ3n) is 5.55. The van der Waals surface area contributed by atoms with Gasteiger partial charge in [-0.05, 0) is 89.1 Å². The normalized spacial score (nSPS) is 10.7. The van der Waals surface area contributed by atoms with E-state index in [-0.39, 0.29) is 5.43 Å². The molecule has 1 heterocycles. The Kier molecular flexibility index (Phi) is 7.69. The molecule has 0 saturated heterocycles. The lowest BCUT2D eigenvalue weighted by Crippen LogP contribution is -2.07.